The van der Waals surface area contributed by atoms with Gasteiger partial charge in [0.25, 0.3) is 5.91 Å². The Labute approximate surface area is 143 Å². The van der Waals surface area contributed by atoms with Crippen LogP contribution in [0.2, 0.25) is 0 Å². The van der Waals surface area contributed by atoms with E-state index in [0.717, 1.165) is 5.56 Å². The zero-order chi connectivity index (χ0) is 18.0. The lowest BCUT2D eigenvalue weighted by atomic mass is 10.1. The Balaban J connectivity index is 1.67. The van der Waals surface area contributed by atoms with E-state index in [1.54, 1.807) is 19.1 Å². The molecule has 0 saturated heterocycles. The molecule has 0 unspecified atom stereocenters. The van der Waals surface area contributed by atoms with Gasteiger partial charge in [0.1, 0.15) is 17.1 Å². The first-order valence-corrected chi connectivity index (χ1v) is 7.50. The highest BCUT2D eigenvalue weighted by molar-refractivity contribution is 6.02. The number of benzene rings is 2. The predicted molar refractivity (Wildman–Crippen MR) is 88.0 cm³/mol. The third-order valence-electron chi connectivity index (χ3n) is 3.64. The Morgan fingerprint density at radius 1 is 1.24 bits per heavy atom. The second-order valence-corrected chi connectivity index (χ2v) is 5.57. The minimum absolute atomic E-state index is 0.00972. The second kappa shape index (κ2) is 6.64. The first-order valence-electron chi connectivity index (χ1n) is 7.50. The van der Waals surface area contributed by atoms with Gasteiger partial charge in [0, 0.05) is 5.56 Å². The summed E-state index contributed by atoms with van der Waals surface area (Å²) in [5.74, 6) is -1.27. The fourth-order valence-corrected chi connectivity index (χ4v) is 2.36. The van der Waals surface area contributed by atoms with Gasteiger partial charge in [0.15, 0.2) is 19.0 Å². The van der Waals surface area contributed by atoms with Gasteiger partial charge in [-0.05, 0) is 42.8 Å². The fourth-order valence-electron chi connectivity index (χ4n) is 2.36. The van der Waals surface area contributed by atoms with Crippen LogP contribution in [0.3, 0.4) is 0 Å². The lowest BCUT2D eigenvalue weighted by molar-refractivity contribution is -0.118. The predicted octanol–water partition coefficient (Wildman–Crippen LogP) is 2.07. The summed E-state index contributed by atoms with van der Waals surface area (Å²) in [7, 11) is 0. The number of anilines is 1. The van der Waals surface area contributed by atoms with Crippen LogP contribution in [-0.4, -0.2) is 36.0 Å². The van der Waals surface area contributed by atoms with Crippen LogP contribution in [0.15, 0.2) is 36.4 Å². The molecular formula is C18H15NO6. The number of hydrogen-bond donors (Lipinski definition) is 2. The minimum Gasteiger partial charge on any atom is -0.507 e. The molecule has 128 valence electrons. The number of ether oxygens (including phenoxy) is 2. The largest absolute Gasteiger partial charge is 0.507 e. The first-order chi connectivity index (χ1) is 11.9. The van der Waals surface area contributed by atoms with Crippen LogP contribution in [-0.2, 0) is 9.53 Å². The Bertz CT molecular complexity index is 874. The van der Waals surface area contributed by atoms with E-state index >= 15 is 0 Å². The van der Waals surface area contributed by atoms with Crippen LogP contribution >= 0.6 is 0 Å². The Morgan fingerprint density at radius 3 is 2.80 bits per heavy atom. The maximum atomic E-state index is 12.2. The van der Waals surface area contributed by atoms with Crippen molar-refractivity contribution in [1.82, 2.24) is 0 Å². The molecule has 0 atom stereocenters. The number of carbonyl (C=O) groups is 3. The number of amides is 1. The lowest BCUT2D eigenvalue weighted by Gasteiger charge is -2.18. The molecule has 25 heavy (non-hydrogen) atoms. The van der Waals surface area contributed by atoms with Gasteiger partial charge in [-0.1, -0.05) is 6.07 Å². The highest BCUT2D eigenvalue weighted by Crippen LogP contribution is 2.28. The molecule has 2 aromatic rings. The van der Waals surface area contributed by atoms with Gasteiger partial charge in [-0.15, -0.1) is 0 Å². The molecule has 2 N–H and O–H groups in total. The van der Waals surface area contributed by atoms with E-state index in [0.29, 0.717) is 11.4 Å². The number of phenols is 1. The molecule has 1 aliphatic rings. The summed E-state index contributed by atoms with van der Waals surface area (Å²) in [6, 6.07) is 9.08. The average molecular weight is 341 g/mol. The normalized spacial score (nSPS) is 12.6. The molecule has 7 heteroatoms. The number of fused-ring (bicyclic) bond motifs is 1. The van der Waals surface area contributed by atoms with Crippen molar-refractivity contribution in [2.75, 3.05) is 18.5 Å². The smallest absolute Gasteiger partial charge is 0.342 e. The summed E-state index contributed by atoms with van der Waals surface area (Å²) in [5, 5.41) is 12.4. The van der Waals surface area contributed by atoms with Gasteiger partial charge >= 0.3 is 5.97 Å². The van der Waals surface area contributed by atoms with Gasteiger partial charge in [0.2, 0.25) is 0 Å². The van der Waals surface area contributed by atoms with Crippen LogP contribution in [0.5, 0.6) is 11.5 Å². The van der Waals surface area contributed by atoms with Crippen molar-refractivity contribution in [1.29, 1.82) is 0 Å². The number of aromatic hydroxyl groups is 1. The third kappa shape index (κ3) is 3.60. The number of esters is 1. The van der Waals surface area contributed by atoms with Crippen molar-refractivity contribution in [3.8, 4) is 11.5 Å². The highest BCUT2D eigenvalue weighted by Gasteiger charge is 2.19. The van der Waals surface area contributed by atoms with Crippen LogP contribution < -0.4 is 10.1 Å². The van der Waals surface area contributed by atoms with Crippen molar-refractivity contribution in [3.05, 3.63) is 53.1 Å². The number of carbonyl (C=O) groups excluding carboxylic acids is 3. The lowest BCUT2D eigenvalue weighted by Crippen LogP contribution is -2.25. The van der Waals surface area contributed by atoms with Crippen LogP contribution in [0, 0.1) is 6.92 Å². The number of hydrogen-bond acceptors (Lipinski definition) is 6. The summed E-state index contributed by atoms with van der Waals surface area (Å²) >= 11 is 0. The third-order valence-corrected chi connectivity index (χ3v) is 3.64. The molecule has 0 fully saturated rings. The molecular weight excluding hydrogens is 326 g/mol. The quantitative estimate of drug-likeness (QED) is 0.652. The zero-order valence-corrected chi connectivity index (χ0v) is 13.4. The standard InChI is InChI=1S/C18H15NO6/c1-10-2-4-12(14(20)6-10)18(23)25-8-15(21)11-3-5-16-13(7-11)19-17(22)9-24-16/h2-7,20H,8-9H2,1H3,(H,19,22). The Morgan fingerprint density at radius 2 is 2.04 bits per heavy atom. The molecule has 0 radical (unpaired) electrons. The molecule has 3 rings (SSSR count). The molecule has 2 aromatic carbocycles. The highest BCUT2D eigenvalue weighted by atomic mass is 16.5. The SMILES string of the molecule is Cc1ccc(C(=O)OCC(=O)c2ccc3c(c2)NC(=O)CO3)c(O)c1. The van der Waals surface area contributed by atoms with Gasteiger partial charge in [0.05, 0.1) is 5.69 Å². The van der Waals surface area contributed by atoms with E-state index in [4.69, 9.17) is 9.47 Å². The number of phenolic OH excluding ortho intramolecular Hbond substituents is 1. The van der Waals surface area contributed by atoms with Gasteiger partial charge < -0.3 is 19.9 Å². The Hall–Kier alpha value is -3.35. The van der Waals surface area contributed by atoms with Crippen molar-refractivity contribution >= 4 is 23.3 Å². The molecule has 0 aromatic heterocycles. The van der Waals surface area contributed by atoms with Crippen molar-refractivity contribution in [2.45, 2.75) is 6.92 Å². The molecule has 1 heterocycles. The number of Topliss-reactive ketones (excluding diaryl/α,β-unsaturated/α-hetero) is 1. The maximum absolute atomic E-state index is 12.2. The van der Waals surface area contributed by atoms with E-state index in [2.05, 4.69) is 5.32 Å². The molecule has 7 nitrogen and oxygen atoms in total. The molecule has 0 bridgehead atoms. The summed E-state index contributed by atoms with van der Waals surface area (Å²) in [5.41, 5.74) is 1.45. The molecule has 0 aliphatic carbocycles. The van der Waals surface area contributed by atoms with Crippen LogP contribution in [0.25, 0.3) is 0 Å². The molecule has 1 amide bonds. The summed E-state index contributed by atoms with van der Waals surface area (Å²) < 4.78 is 10.2. The van der Waals surface area contributed by atoms with Crippen molar-refractivity contribution < 1.29 is 29.0 Å². The average Bonchev–Trinajstić information content (AvgIpc) is 2.58. The summed E-state index contributed by atoms with van der Waals surface area (Å²) in [4.78, 5) is 35.5. The van der Waals surface area contributed by atoms with E-state index in [1.807, 2.05) is 0 Å². The summed E-state index contributed by atoms with van der Waals surface area (Å²) in [6.45, 7) is 1.22. The Kier molecular flexibility index (Phi) is 4.38. The number of rotatable bonds is 4. The van der Waals surface area contributed by atoms with Gasteiger partial charge in [-0.3, -0.25) is 9.59 Å². The maximum Gasteiger partial charge on any atom is 0.342 e. The van der Waals surface area contributed by atoms with E-state index in [1.165, 1.54) is 24.3 Å². The monoisotopic (exact) mass is 341 g/mol. The fraction of sp³-hybridized carbons (Fsp3) is 0.167. The van der Waals surface area contributed by atoms with E-state index in [9.17, 15) is 19.5 Å². The molecule has 1 aliphatic heterocycles. The number of ketones is 1. The van der Waals surface area contributed by atoms with Crippen LogP contribution in [0.4, 0.5) is 5.69 Å². The van der Waals surface area contributed by atoms with Crippen LogP contribution in [0.1, 0.15) is 26.3 Å². The van der Waals surface area contributed by atoms with Gasteiger partial charge in [-0.25, -0.2) is 4.79 Å². The van der Waals surface area contributed by atoms with E-state index in [-0.39, 0.29) is 29.4 Å². The zero-order valence-electron chi connectivity index (χ0n) is 13.4. The molecule has 0 spiro atoms. The number of aryl methyl sites for hydroxylation is 1. The van der Waals surface area contributed by atoms with Gasteiger partial charge in [-0.2, -0.15) is 0 Å². The first kappa shape index (κ1) is 16.5. The molecule has 0 saturated carbocycles. The number of nitrogens with one attached hydrogen (secondary N) is 1. The topological polar surface area (TPSA) is 102 Å². The van der Waals surface area contributed by atoms with Crippen molar-refractivity contribution in [2.24, 2.45) is 0 Å². The van der Waals surface area contributed by atoms with Crippen molar-refractivity contribution in [3.63, 3.8) is 0 Å². The van der Waals surface area contributed by atoms with E-state index < -0.39 is 18.4 Å². The summed E-state index contributed by atoms with van der Waals surface area (Å²) in [6.07, 6.45) is 0. The second-order valence-electron chi connectivity index (χ2n) is 5.57. The minimum atomic E-state index is -0.791.